The Labute approximate surface area is 129 Å². The minimum absolute atomic E-state index is 0.00872. The second kappa shape index (κ2) is 6.43. The summed E-state index contributed by atoms with van der Waals surface area (Å²) in [7, 11) is 0. The van der Waals surface area contributed by atoms with Gasteiger partial charge in [0.05, 0.1) is 13.0 Å². The van der Waals surface area contributed by atoms with E-state index in [4.69, 9.17) is 11.6 Å². The molecule has 0 bridgehead atoms. The van der Waals surface area contributed by atoms with Crippen LogP contribution in [0.15, 0.2) is 24.3 Å². The lowest BCUT2D eigenvalue weighted by Crippen LogP contribution is -2.42. The molecular formula is C13H12ClF3N2O3. The van der Waals surface area contributed by atoms with Gasteiger partial charge in [-0.05, 0) is 35.9 Å². The zero-order valence-corrected chi connectivity index (χ0v) is 11.9. The van der Waals surface area contributed by atoms with Crippen LogP contribution in [0.2, 0.25) is 0 Å². The van der Waals surface area contributed by atoms with Gasteiger partial charge in [0, 0.05) is 5.69 Å². The maximum Gasteiger partial charge on any atom is 0.416 e. The van der Waals surface area contributed by atoms with E-state index in [9.17, 15) is 22.8 Å². The molecule has 2 amide bonds. The molecule has 1 unspecified atom stereocenters. The minimum atomic E-state index is -3.74. The molecule has 1 saturated heterocycles. The summed E-state index contributed by atoms with van der Waals surface area (Å²) in [6, 6.07) is 2.86. The van der Waals surface area contributed by atoms with Crippen molar-refractivity contribution in [1.29, 1.82) is 0 Å². The second-order valence-electron chi connectivity index (χ2n) is 4.61. The lowest BCUT2D eigenvalue weighted by molar-refractivity contribution is -0.129. The summed E-state index contributed by atoms with van der Waals surface area (Å²) in [5, 5.41) is -1.38. The Hall–Kier alpha value is -1.96. The number of imide groups is 1. The van der Waals surface area contributed by atoms with Gasteiger partial charge in [0.1, 0.15) is 18.5 Å². The van der Waals surface area contributed by atoms with Crippen LogP contribution >= 0.6 is 11.6 Å². The summed E-state index contributed by atoms with van der Waals surface area (Å²) in [5.74, 6) is -1.36. The predicted molar refractivity (Wildman–Crippen MR) is 72.3 cm³/mol. The van der Waals surface area contributed by atoms with Gasteiger partial charge in [-0.2, -0.15) is 8.78 Å². The molecule has 1 aromatic carbocycles. The molecule has 120 valence electrons. The van der Waals surface area contributed by atoms with Crippen LogP contribution in [-0.2, 0) is 9.53 Å². The van der Waals surface area contributed by atoms with Gasteiger partial charge in [0.15, 0.2) is 0 Å². The van der Waals surface area contributed by atoms with Gasteiger partial charge in [-0.25, -0.2) is 14.1 Å². The van der Waals surface area contributed by atoms with Crippen molar-refractivity contribution in [1.82, 2.24) is 4.90 Å². The summed E-state index contributed by atoms with van der Waals surface area (Å²) in [4.78, 5) is 23.9. The summed E-state index contributed by atoms with van der Waals surface area (Å²) in [6.07, 6.45) is -1.59. The average Bonchev–Trinajstić information content (AvgIpc) is 2.85. The highest BCUT2D eigenvalue weighted by Gasteiger charge is 2.41. The summed E-state index contributed by atoms with van der Waals surface area (Å²) >= 11 is 5.01. The molecule has 0 radical (unpaired) electrons. The van der Waals surface area contributed by atoms with Crippen molar-refractivity contribution in [3.8, 4) is 0 Å². The molecule has 9 heteroatoms. The second-order valence-corrected chi connectivity index (χ2v) is 5.11. The first-order chi connectivity index (χ1) is 10.3. The lowest BCUT2D eigenvalue weighted by atomic mass is 10.1. The van der Waals surface area contributed by atoms with Crippen LogP contribution in [0.25, 0.3) is 0 Å². The van der Waals surface area contributed by atoms with Crippen LogP contribution < -0.4 is 5.32 Å². The first-order valence-corrected chi connectivity index (χ1v) is 6.71. The van der Waals surface area contributed by atoms with Gasteiger partial charge in [0.2, 0.25) is 5.91 Å². The van der Waals surface area contributed by atoms with Crippen molar-refractivity contribution in [3.05, 3.63) is 30.1 Å². The number of amides is 2. The standard InChI is InChI=1S/C13H12ClF3N2O3/c14-13(16,17)10(18-9-3-1-8(15)2-4-9)7-11(20)19-5-6-22-12(19)21/h1-4,10,18H,5-7H2. The molecule has 1 N–H and O–H groups in total. The van der Waals surface area contributed by atoms with Crippen LogP contribution in [-0.4, -0.2) is 41.5 Å². The zero-order chi connectivity index (χ0) is 16.3. The Morgan fingerprint density at radius 3 is 2.55 bits per heavy atom. The quantitative estimate of drug-likeness (QED) is 0.840. The van der Waals surface area contributed by atoms with E-state index in [1.807, 2.05) is 0 Å². The largest absolute Gasteiger partial charge is 0.447 e. The molecular weight excluding hydrogens is 325 g/mol. The van der Waals surface area contributed by atoms with E-state index in [0.717, 1.165) is 17.0 Å². The predicted octanol–water partition coefficient (Wildman–Crippen LogP) is 2.81. The number of halogens is 4. The SMILES string of the molecule is O=C(CC(Nc1ccc(F)cc1)C(F)(F)Cl)N1CCOC1=O. The van der Waals surface area contributed by atoms with Crippen LogP contribution in [0.3, 0.4) is 0 Å². The first kappa shape index (κ1) is 16.4. The molecule has 1 fully saturated rings. The lowest BCUT2D eigenvalue weighted by Gasteiger charge is -2.24. The molecule has 1 aliphatic heterocycles. The zero-order valence-electron chi connectivity index (χ0n) is 11.2. The number of carbonyl (C=O) groups excluding carboxylic acids is 2. The number of anilines is 1. The maximum atomic E-state index is 13.4. The number of carbonyl (C=O) groups is 2. The van der Waals surface area contributed by atoms with E-state index in [0.29, 0.717) is 0 Å². The summed E-state index contributed by atoms with van der Waals surface area (Å²) in [5.41, 5.74) is 0.170. The normalized spacial score (nSPS) is 16.4. The molecule has 22 heavy (non-hydrogen) atoms. The molecule has 1 heterocycles. The fourth-order valence-electron chi connectivity index (χ4n) is 1.90. The number of benzene rings is 1. The van der Waals surface area contributed by atoms with Gasteiger partial charge >= 0.3 is 11.5 Å². The highest BCUT2D eigenvalue weighted by Crippen LogP contribution is 2.29. The molecule has 2 rings (SSSR count). The molecule has 0 aromatic heterocycles. The smallest absolute Gasteiger partial charge is 0.416 e. The molecule has 0 spiro atoms. The van der Waals surface area contributed by atoms with Crippen molar-refractivity contribution in [2.24, 2.45) is 0 Å². The van der Waals surface area contributed by atoms with Gasteiger partial charge in [-0.1, -0.05) is 0 Å². The number of hydrogen-bond acceptors (Lipinski definition) is 4. The Bertz CT molecular complexity index is 563. The molecule has 1 atom stereocenters. The summed E-state index contributed by atoms with van der Waals surface area (Å²) < 4.78 is 44.2. The van der Waals surface area contributed by atoms with Crippen molar-refractivity contribution < 1.29 is 27.5 Å². The monoisotopic (exact) mass is 336 g/mol. The number of ether oxygens (including phenoxy) is 1. The van der Waals surface area contributed by atoms with Crippen molar-refractivity contribution in [2.45, 2.75) is 17.8 Å². The van der Waals surface area contributed by atoms with Crippen molar-refractivity contribution in [2.75, 3.05) is 18.5 Å². The Morgan fingerprint density at radius 2 is 2.05 bits per heavy atom. The van der Waals surface area contributed by atoms with Crippen molar-refractivity contribution in [3.63, 3.8) is 0 Å². The van der Waals surface area contributed by atoms with E-state index in [1.165, 1.54) is 12.1 Å². The third-order valence-corrected chi connectivity index (χ3v) is 3.28. The van der Waals surface area contributed by atoms with E-state index in [1.54, 1.807) is 0 Å². The summed E-state index contributed by atoms with van der Waals surface area (Å²) in [6.45, 7) is 0.0344. The average molecular weight is 337 g/mol. The number of hydrogen-bond donors (Lipinski definition) is 1. The third kappa shape index (κ3) is 4.03. The number of cyclic esters (lactones) is 1. The molecule has 1 aliphatic rings. The van der Waals surface area contributed by atoms with E-state index < -0.39 is 35.7 Å². The van der Waals surface area contributed by atoms with Gasteiger partial charge in [-0.15, -0.1) is 0 Å². The fourth-order valence-corrected chi connectivity index (χ4v) is 2.03. The van der Waals surface area contributed by atoms with Crippen LogP contribution in [0, 0.1) is 5.82 Å². The van der Waals surface area contributed by atoms with Crippen LogP contribution in [0.5, 0.6) is 0 Å². The van der Waals surface area contributed by atoms with Crippen LogP contribution in [0.1, 0.15) is 6.42 Å². The Kier molecular flexibility index (Phi) is 4.80. The fraction of sp³-hybridized carbons (Fsp3) is 0.385. The van der Waals surface area contributed by atoms with Gasteiger partial charge in [0.25, 0.3) is 0 Å². The maximum absolute atomic E-state index is 13.4. The Balaban J connectivity index is 2.08. The molecule has 0 saturated carbocycles. The number of nitrogens with zero attached hydrogens (tertiary/aromatic N) is 1. The highest BCUT2D eigenvalue weighted by atomic mass is 35.5. The number of rotatable bonds is 5. The molecule has 0 aliphatic carbocycles. The van der Waals surface area contributed by atoms with Crippen molar-refractivity contribution >= 4 is 29.3 Å². The topological polar surface area (TPSA) is 58.6 Å². The third-order valence-electron chi connectivity index (χ3n) is 3.02. The van der Waals surface area contributed by atoms with Gasteiger partial charge < -0.3 is 10.1 Å². The van der Waals surface area contributed by atoms with Gasteiger partial charge in [-0.3, -0.25) is 4.79 Å². The Morgan fingerprint density at radius 1 is 1.41 bits per heavy atom. The first-order valence-electron chi connectivity index (χ1n) is 6.33. The highest BCUT2D eigenvalue weighted by molar-refractivity contribution is 6.22. The minimum Gasteiger partial charge on any atom is -0.447 e. The molecule has 5 nitrogen and oxygen atoms in total. The van der Waals surface area contributed by atoms with E-state index in [-0.39, 0.29) is 18.8 Å². The molecule has 1 aromatic rings. The number of nitrogens with one attached hydrogen (secondary N) is 1. The van der Waals surface area contributed by atoms with E-state index in [2.05, 4.69) is 10.1 Å². The van der Waals surface area contributed by atoms with Crippen LogP contribution in [0.4, 0.5) is 23.7 Å². The number of alkyl halides is 3. The van der Waals surface area contributed by atoms with E-state index >= 15 is 0 Å².